The Morgan fingerprint density at radius 2 is 2.08 bits per heavy atom. The summed E-state index contributed by atoms with van der Waals surface area (Å²) in [6, 6.07) is 6.27. The van der Waals surface area contributed by atoms with Gasteiger partial charge in [-0.15, -0.1) is 0 Å². The monoisotopic (exact) mass is 345 g/mol. The van der Waals surface area contributed by atoms with Crippen LogP contribution in [0.25, 0.3) is 0 Å². The fourth-order valence-corrected chi connectivity index (χ4v) is 3.94. The van der Waals surface area contributed by atoms with Crippen LogP contribution in [0.15, 0.2) is 18.2 Å². The quantitative estimate of drug-likeness (QED) is 0.912. The summed E-state index contributed by atoms with van der Waals surface area (Å²) >= 11 is 0. The van der Waals surface area contributed by atoms with Crippen molar-refractivity contribution in [1.29, 1.82) is 0 Å². The van der Waals surface area contributed by atoms with Crippen molar-refractivity contribution >= 4 is 11.7 Å². The van der Waals surface area contributed by atoms with E-state index in [2.05, 4.69) is 42.3 Å². The molecule has 1 aromatic carbocycles. The zero-order valence-electron chi connectivity index (χ0n) is 15.6. The third kappa shape index (κ3) is 4.73. The van der Waals surface area contributed by atoms with Crippen LogP contribution >= 0.6 is 0 Å². The summed E-state index contributed by atoms with van der Waals surface area (Å²) in [5, 5.41) is 3.18. The SMILES string of the molecule is CCc1cccc(C)c1NC(=O)N1CCC[C@@H](CN2CCOCC2)C1. The van der Waals surface area contributed by atoms with Gasteiger partial charge in [-0.3, -0.25) is 4.90 Å². The molecule has 25 heavy (non-hydrogen) atoms. The molecule has 2 aliphatic heterocycles. The molecule has 0 saturated carbocycles. The Morgan fingerprint density at radius 1 is 1.28 bits per heavy atom. The van der Waals surface area contributed by atoms with Crippen LogP contribution in [0.3, 0.4) is 0 Å². The van der Waals surface area contributed by atoms with Gasteiger partial charge in [0.15, 0.2) is 0 Å². The highest BCUT2D eigenvalue weighted by molar-refractivity contribution is 5.91. The van der Waals surface area contributed by atoms with E-state index in [1.807, 2.05) is 4.90 Å². The number of carbonyl (C=O) groups excluding carboxylic acids is 1. The molecule has 2 fully saturated rings. The normalized spacial score (nSPS) is 22.0. The molecule has 2 amide bonds. The van der Waals surface area contributed by atoms with Crippen LogP contribution in [0.1, 0.15) is 30.9 Å². The number of hydrogen-bond donors (Lipinski definition) is 1. The second-order valence-corrected chi connectivity index (χ2v) is 7.26. The molecule has 0 spiro atoms. The number of nitrogens with one attached hydrogen (secondary N) is 1. The number of rotatable bonds is 4. The highest BCUT2D eigenvalue weighted by Gasteiger charge is 2.26. The largest absolute Gasteiger partial charge is 0.379 e. The van der Waals surface area contributed by atoms with Crippen molar-refractivity contribution in [3.63, 3.8) is 0 Å². The van der Waals surface area contributed by atoms with Gasteiger partial charge in [0, 0.05) is 38.4 Å². The van der Waals surface area contributed by atoms with Crippen molar-refractivity contribution in [2.75, 3.05) is 51.3 Å². The number of aryl methyl sites for hydroxylation is 2. The van der Waals surface area contributed by atoms with Gasteiger partial charge >= 0.3 is 6.03 Å². The van der Waals surface area contributed by atoms with Crippen LogP contribution in [0.2, 0.25) is 0 Å². The van der Waals surface area contributed by atoms with Gasteiger partial charge in [-0.1, -0.05) is 25.1 Å². The lowest BCUT2D eigenvalue weighted by molar-refractivity contribution is 0.0252. The van der Waals surface area contributed by atoms with Crippen molar-refractivity contribution in [1.82, 2.24) is 9.80 Å². The van der Waals surface area contributed by atoms with Gasteiger partial charge in [-0.05, 0) is 43.2 Å². The second-order valence-electron chi connectivity index (χ2n) is 7.26. The predicted octanol–water partition coefficient (Wildman–Crippen LogP) is 3.13. The van der Waals surface area contributed by atoms with Crippen molar-refractivity contribution in [3.8, 4) is 0 Å². The molecule has 0 bridgehead atoms. The minimum atomic E-state index is 0.0516. The molecule has 3 rings (SSSR count). The Hall–Kier alpha value is -1.59. The van der Waals surface area contributed by atoms with Crippen LogP contribution in [0.5, 0.6) is 0 Å². The molecule has 2 saturated heterocycles. The number of benzene rings is 1. The maximum absolute atomic E-state index is 12.8. The maximum Gasteiger partial charge on any atom is 0.321 e. The Bertz CT molecular complexity index is 584. The number of urea groups is 1. The maximum atomic E-state index is 12.8. The second kappa shape index (κ2) is 8.68. The Labute approximate surface area is 151 Å². The molecule has 2 heterocycles. The molecule has 5 nitrogen and oxygen atoms in total. The number of carbonyl (C=O) groups is 1. The van der Waals surface area contributed by atoms with E-state index in [1.165, 1.54) is 12.0 Å². The van der Waals surface area contributed by atoms with Crippen LogP contribution < -0.4 is 5.32 Å². The van der Waals surface area contributed by atoms with Gasteiger partial charge in [0.05, 0.1) is 13.2 Å². The van der Waals surface area contributed by atoms with Gasteiger partial charge < -0.3 is 15.0 Å². The molecule has 0 unspecified atom stereocenters. The lowest BCUT2D eigenvalue weighted by Gasteiger charge is -2.36. The number of para-hydroxylation sites is 1. The summed E-state index contributed by atoms with van der Waals surface area (Å²) in [4.78, 5) is 17.3. The first-order valence-corrected chi connectivity index (χ1v) is 9.62. The summed E-state index contributed by atoms with van der Waals surface area (Å²) in [5.41, 5.74) is 3.33. The average Bonchev–Trinajstić information content (AvgIpc) is 2.64. The summed E-state index contributed by atoms with van der Waals surface area (Å²) < 4.78 is 5.43. The van der Waals surface area contributed by atoms with E-state index in [1.54, 1.807) is 0 Å². The average molecular weight is 345 g/mol. The van der Waals surface area contributed by atoms with E-state index >= 15 is 0 Å². The van der Waals surface area contributed by atoms with Gasteiger partial charge in [-0.25, -0.2) is 4.79 Å². The van der Waals surface area contributed by atoms with Crippen molar-refractivity contribution < 1.29 is 9.53 Å². The highest BCUT2D eigenvalue weighted by atomic mass is 16.5. The summed E-state index contributed by atoms with van der Waals surface area (Å²) in [5.74, 6) is 0.570. The third-order valence-corrected chi connectivity index (χ3v) is 5.40. The van der Waals surface area contributed by atoms with Gasteiger partial charge in [0.2, 0.25) is 0 Å². The zero-order chi connectivity index (χ0) is 17.6. The molecule has 1 aromatic rings. The number of amides is 2. The molecule has 0 aliphatic carbocycles. The van der Waals surface area contributed by atoms with Gasteiger partial charge in [0.1, 0.15) is 0 Å². The summed E-state index contributed by atoms with van der Waals surface area (Å²) in [6.07, 6.45) is 3.24. The number of ether oxygens (including phenoxy) is 1. The minimum absolute atomic E-state index is 0.0516. The molecule has 5 heteroatoms. The van der Waals surface area contributed by atoms with Gasteiger partial charge in [-0.2, -0.15) is 0 Å². The van der Waals surface area contributed by atoms with Crippen LogP contribution in [-0.4, -0.2) is 61.8 Å². The first kappa shape index (κ1) is 18.2. The fourth-order valence-electron chi connectivity index (χ4n) is 3.94. The molecule has 0 aromatic heterocycles. The molecular formula is C20H31N3O2. The standard InChI is InChI=1S/C20H31N3O2/c1-3-18-8-4-6-16(2)19(18)21-20(24)23-9-5-7-17(15-23)14-22-10-12-25-13-11-22/h4,6,8,17H,3,5,7,9-15H2,1-2H3,(H,21,24)/t17-/m0/s1. The van der Waals surface area contributed by atoms with E-state index in [4.69, 9.17) is 4.74 Å². The van der Waals surface area contributed by atoms with E-state index in [0.717, 1.165) is 70.0 Å². The Kier molecular flexibility index (Phi) is 6.32. The summed E-state index contributed by atoms with van der Waals surface area (Å²) in [6.45, 7) is 10.7. The third-order valence-electron chi connectivity index (χ3n) is 5.40. The molecule has 0 radical (unpaired) electrons. The lowest BCUT2D eigenvalue weighted by Crippen LogP contribution is -2.47. The van der Waals surface area contributed by atoms with Crippen LogP contribution in [0, 0.1) is 12.8 Å². The first-order valence-electron chi connectivity index (χ1n) is 9.62. The van der Waals surface area contributed by atoms with E-state index < -0.39 is 0 Å². The Morgan fingerprint density at radius 3 is 2.84 bits per heavy atom. The number of hydrogen-bond acceptors (Lipinski definition) is 3. The highest BCUT2D eigenvalue weighted by Crippen LogP contribution is 2.23. The lowest BCUT2D eigenvalue weighted by atomic mass is 9.97. The number of morpholine rings is 1. The molecule has 1 atom stereocenters. The van der Waals surface area contributed by atoms with Crippen LogP contribution in [-0.2, 0) is 11.2 Å². The van der Waals surface area contributed by atoms with E-state index in [0.29, 0.717) is 5.92 Å². The number of nitrogens with zero attached hydrogens (tertiary/aromatic N) is 2. The molecular weight excluding hydrogens is 314 g/mol. The Balaban J connectivity index is 1.58. The van der Waals surface area contributed by atoms with Crippen molar-refractivity contribution in [2.24, 2.45) is 5.92 Å². The minimum Gasteiger partial charge on any atom is -0.379 e. The van der Waals surface area contributed by atoms with Crippen molar-refractivity contribution in [2.45, 2.75) is 33.1 Å². The van der Waals surface area contributed by atoms with E-state index in [-0.39, 0.29) is 6.03 Å². The van der Waals surface area contributed by atoms with E-state index in [9.17, 15) is 4.79 Å². The van der Waals surface area contributed by atoms with Crippen LogP contribution in [0.4, 0.5) is 10.5 Å². The smallest absolute Gasteiger partial charge is 0.321 e. The first-order chi connectivity index (χ1) is 12.2. The molecule has 2 aliphatic rings. The topological polar surface area (TPSA) is 44.8 Å². The summed E-state index contributed by atoms with van der Waals surface area (Å²) in [7, 11) is 0. The number of anilines is 1. The fraction of sp³-hybridized carbons (Fsp3) is 0.650. The number of piperidine rings is 1. The molecule has 138 valence electrons. The molecule has 1 N–H and O–H groups in total. The zero-order valence-corrected chi connectivity index (χ0v) is 15.6. The number of likely N-dealkylation sites (tertiary alicyclic amines) is 1. The van der Waals surface area contributed by atoms with Crippen molar-refractivity contribution in [3.05, 3.63) is 29.3 Å². The van der Waals surface area contributed by atoms with Gasteiger partial charge in [0.25, 0.3) is 0 Å². The predicted molar refractivity (Wildman–Crippen MR) is 101 cm³/mol.